The minimum atomic E-state index is -3.07. The number of halogens is 1. The second kappa shape index (κ2) is 11.4. The smallest absolute Gasteiger partial charge is 0.255 e. The summed E-state index contributed by atoms with van der Waals surface area (Å²) in [5, 5.41) is 18.5. The van der Waals surface area contributed by atoms with Crippen molar-refractivity contribution < 1.29 is 17.9 Å². The first-order valence-electron chi connectivity index (χ1n) is 11.9. The van der Waals surface area contributed by atoms with E-state index in [1.165, 1.54) is 24.7 Å². The van der Waals surface area contributed by atoms with Gasteiger partial charge in [0, 0.05) is 50.0 Å². The van der Waals surface area contributed by atoms with Crippen molar-refractivity contribution in [3.63, 3.8) is 0 Å². The van der Waals surface area contributed by atoms with Gasteiger partial charge in [0.05, 0.1) is 27.1 Å². The number of aromatic nitrogens is 2. The van der Waals surface area contributed by atoms with Crippen LogP contribution in [0.15, 0.2) is 24.5 Å². The number of nitriles is 1. The number of hydrogen-bond acceptors (Lipinski definition) is 9. The summed E-state index contributed by atoms with van der Waals surface area (Å²) in [5.41, 5.74) is 1.36. The fourth-order valence-corrected chi connectivity index (χ4v) is 5.84. The van der Waals surface area contributed by atoms with Crippen molar-refractivity contribution in [1.29, 1.82) is 5.26 Å². The summed E-state index contributed by atoms with van der Waals surface area (Å²) in [4.78, 5) is 21.8. The number of carbonyl (C=O) groups excluding carboxylic acids is 1. The summed E-state index contributed by atoms with van der Waals surface area (Å²) in [7, 11) is -3.07. The van der Waals surface area contributed by atoms with E-state index < -0.39 is 9.84 Å². The van der Waals surface area contributed by atoms with E-state index >= 15 is 0 Å². The van der Waals surface area contributed by atoms with Crippen LogP contribution in [0.2, 0.25) is 5.02 Å². The average Bonchev–Trinajstić information content (AvgIpc) is 2.86. The summed E-state index contributed by atoms with van der Waals surface area (Å²) < 4.78 is 29.1. The molecule has 10 nitrogen and oxygen atoms in total. The van der Waals surface area contributed by atoms with Gasteiger partial charge in [-0.25, -0.2) is 18.4 Å². The quantitative estimate of drug-likeness (QED) is 0.488. The van der Waals surface area contributed by atoms with Crippen molar-refractivity contribution in [1.82, 2.24) is 15.3 Å². The molecular weight excluding hydrogens is 504 g/mol. The second-order valence-electron chi connectivity index (χ2n) is 9.21. The summed E-state index contributed by atoms with van der Waals surface area (Å²) in [6.45, 7) is 1.29. The third-order valence-corrected chi connectivity index (χ3v) is 8.53. The van der Waals surface area contributed by atoms with E-state index in [1.54, 1.807) is 6.07 Å². The van der Waals surface area contributed by atoms with Gasteiger partial charge in [0.25, 0.3) is 5.91 Å². The molecule has 4 rings (SSSR count). The Morgan fingerprint density at radius 2 is 1.81 bits per heavy atom. The highest BCUT2D eigenvalue weighted by Crippen LogP contribution is 2.28. The predicted molar refractivity (Wildman–Crippen MR) is 137 cm³/mol. The van der Waals surface area contributed by atoms with Gasteiger partial charge in [-0.05, 0) is 44.6 Å². The number of sulfone groups is 1. The largest absolute Gasteiger partial charge is 0.381 e. The molecule has 192 valence electrons. The Morgan fingerprint density at radius 1 is 1.08 bits per heavy atom. The van der Waals surface area contributed by atoms with Crippen molar-refractivity contribution in [2.24, 2.45) is 0 Å². The molecule has 0 atom stereocenters. The fourth-order valence-electron chi connectivity index (χ4n) is 4.50. The molecule has 0 unspecified atom stereocenters. The van der Waals surface area contributed by atoms with Crippen LogP contribution in [0.5, 0.6) is 0 Å². The van der Waals surface area contributed by atoms with Crippen molar-refractivity contribution in [3.8, 4) is 6.07 Å². The first kappa shape index (κ1) is 26.1. The number of ether oxygens (including phenoxy) is 1. The Kier molecular flexibility index (Phi) is 8.28. The minimum absolute atomic E-state index is 0.0918. The normalized spacial score (nSPS) is 20.8. The molecule has 0 aromatic carbocycles. The van der Waals surface area contributed by atoms with Crippen molar-refractivity contribution >= 4 is 44.7 Å². The number of hydrogen-bond donors (Lipinski definition) is 3. The Morgan fingerprint density at radius 3 is 2.44 bits per heavy atom. The third kappa shape index (κ3) is 6.63. The molecule has 1 aliphatic carbocycles. The first-order valence-corrected chi connectivity index (χ1v) is 14.2. The first-order chi connectivity index (χ1) is 17.2. The van der Waals surface area contributed by atoms with Crippen LogP contribution in [0.3, 0.4) is 0 Å². The van der Waals surface area contributed by atoms with E-state index in [2.05, 4.69) is 25.9 Å². The molecular formula is C24H29ClN6O4S. The van der Waals surface area contributed by atoms with Gasteiger partial charge in [0.2, 0.25) is 0 Å². The zero-order valence-corrected chi connectivity index (χ0v) is 21.5. The van der Waals surface area contributed by atoms with Crippen LogP contribution >= 0.6 is 11.6 Å². The van der Waals surface area contributed by atoms with Gasteiger partial charge >= 0.3 is 0 Å². The summed E-state index contributed by atoms with van der Waals surface area (Å²) in [5.74, 6) is 0.523. The lowest BCUT2D eigenvalue weighted by Gasteiger charge is -2.29. The highest BCUT2D eigenvalue weighted by molar-refractivity contribution is 7.91. The van der Waals surface area contributed by atoms with Crippen LogP contribution in [0.4, 0.5) is 17.3 Å². The molecule has 3 heterocycles. The predicted octanol–water partition coefficient (Wildman–Crippen LogP) is 3.42. The molecule has 2 fully saturated rings. The topological polar surface area (TPSA) is 146 Å². The van der Waals surface area contributed by atoms with E-state index in [9.17, 15) is 13.2 Å². The van der Waals surface area contributed by atoms with Gasteiger partial charge < -0.3 is 20.7 Å². The van der Waals surface area contributed by atoms with Gasteiger partial charge in [-0.15, -0.1) is 0 Å². The Balaban J connectivity index is 1.52. The number of amides is 1. The van der Waals surface area contributed by atoms with Gasteiger partial charge in [-0.2, -0.15) is 5.26 Å². The summed E-state index contributed by atoms with van der Waals surface area (Å²) >= 11 is 6.25. The number of pyridine rings is 2. The fraction of sp³-hybridized carbons (Fsp3) is 0.500. The van der Waals surface area contributed by atoms with Crippen molar-refractivity contribution in [3.05, 3.63) is 40.7 Å². The maximum atomic E-state index is 13.2. The van der Waals surface area contributed by atoms with Gasteiger partial charge in [0.1, 0.15) is 27.5 Å². The average molecular weight is 533 g/mol. The summed E-state index contributed by atoms with van der Waals surface area (Å²) in [6.07, 6.45) is 8.10. The molecule has 2 aromatic heterocycles. The molecule has 36 heavy (non-hydrogen) atoms. The zero-order valence-electron chi connectivity index (χ0n) is 20.0. The molecule has 0 bridgehead atoms. The van der Waals surface area contributed by atoms with E-state index in [0.29, 0.717) is 67.3 Å². The number of carbonyl (C=O) groups is 1. The van der Waals surface area contributed by atoms with E-state index in [-0.39, 0.29) is 28.3 Å². The zero-order chi connectivity index (χ0) is 25.7. The Labute approximate surface area is 215 Å². The lowest BCUT2D eigenvalue weighted by Crippen LogP contribution is -2.40. The standard InChI is InChI=1S/C24H29ClN6O4S/c1-36(33,34)18-4-2-16(3-5-18)30-24(32)19-14-27-22(11-21(19)29-17-6-8-35-9-7-17)31-23-20(25)10-15(12-26)13-28-23/h10-11,13-14,16-18H,2-9H2,1H3,(H,30,32)(H2,27,28,29,31). The van der Waals surface area contributed by atoms with Crippen LogP contribution in [0.1, 0.15) is 54.4 Å². The molecule has 1 saturated heterocycles. The second-order valence-corrected chi connectivity index (χ2v) is 11.9. The molecule has 2 aliphatic rings. The molecule has 2 aromatic rings. The molecule has 1 amide bonds. The summed E-state index contributed by atoms with van der Waals surface area (Å²) in [6, 6.07) is 5.29. The molecule has 12 heteroatoms. The Hall–Kier alpha value is -2.94. The lowest BCUT2D eigenvalue weighted by molar-refractivity contribution is 0.0902. The number of rotatable bonds is 7. The van der Waals surface area contributed by atoms with E-state index in [1.807, 2.05) is 6.07 Å². The Bertz CT molecular complexity index is 1250. The van der Waals surface area contributed by atoms with Crippen LogP contribution in [-0.4, -0.2) is 61.1 Å². The molecule has 1 saturated carbocycles. The number of nitrogens with one attached hydrogen (secondary N) is 3. The van der Waals surface area contributed by atoms with Gasteiger partial charge in [-0.3, -0.25) is 4.79 Å². The number of nitrogens with zero attached hydrogens (tertiary/aromatic N) is 3. The van der Waals surface area contributed by atoms with Gasteiger partial charge in [0.15, 0.2) is 0 Å². The van der Waals surface area contributed by atoms with Crippen molar-refractivity contribution in [2.75, 3.05) is 30.1 Å². The monoisotopic (exact) mass is 532 g/mol. The maximum Gasteiger partial charge on any atom is 0.255 e. The SMILES string of the molecule is CS(=O)(=O)C1CCC(NC(=O)c2cnc(Nc3ncc(C#N)cc3Cl)cc2NC2CCOCC2)CC1. The van der Waals surface area contributed by atoms with Crippen LogP contribution < -0.4 is 16.0 Å². The minimum Gasteiger partial charge on any atom is -0.381 e. The molecule has 0 spiro atoms. The third-order valence-electron chi connectivity index (χ3n) is 6.56. The van der Waals surface area contributed by atoms with Crippen molar-refractivity contribution in [2.45, 2.75) is 55.9 Å². The molecule has 3 N–H and O–H groups in total. The van der Waals surface area contributed by atoms with E-state index in [4.69, 9.17) is 21.6 Å². The lowest BCUT2D eigenvalue weighted by atomic mass is 9.94. The highest BCUT2D eigenvalue weighted by atomic mass is 35.5. The van der Waals surface area contributed by atoms with E-state index in [0.717, 1.165) is 12.8 Å². The maximum absolute atomic E-state index is 13.2. The molecule has 1 aliphatic heterocycles. The van der Waals surface area contributed by atoms with Gasteiger partial charge in [-0.1, -0.05) is 11.6 Å². The number of anilines is 3. The van der Waals surface area contributed by atoms with Crippen LogP contribution in [0.25, 0.3) is 0 Å². The molecule has 0 radical (unpaired) electrons. The van der Waals surface area contributed by atoms with Crippen LogP contribution in [0, 0.1) is 11.3 Å². The highest BCUT2D eigenvalue weighted by Gasteiger charge is 2.29. The van der Waals surface area contributed by atoms with Crippen LogP contribution in [-0.2, 0) is 14.6 Å².